The Morgan fingerprint density at radius 3 is 2.12 bits per heavy atom. The van der Waals surface area contributed by atoms with Gasteiger partial charge in [-0.15, -0.1) is 0 Å². The van der Waals surface area contributed by atoms with Gasteiger partial charge in [0.05, 0.1) is 5.56 Å². The summed E-state index contributed by atoms with van der Waals surface area (Å²) < 4.78 is 96.7. The topological polar surface area (TPSA) is 0 Å². The van der Waals surface area contributed by atoms with Crippen LogP contribution in [0.5, 0.6) is 0 Å². The molecule has 0 aliphatic heterocycles. The van der Waals surface area contributed by atoms with Gasteiger partial charge >= 0.3 is 6.18 Å². The lowest BCUT2D eigenvalue weighted by Gasteiger charge is -2.14. The maximum Gasteiger partial charge on any atom is 0.422 e. The fourth-order valence-electron chi connectivity index (χ4n) is 4.31. The van der Waals surface area contributed by atoms with Crippen molar-refractivity contribution in [2.75, 3.05) is 0 Å². The molecule has 168 valence electrons. The van der Waals surface area contributed by atoms with Gasteiger partial charge in [-0.2, -0.15) is 13.2 Å². The highest BCUT2D eigenvalue weighted by molar-refractivity contribution is 5.81. The Morgan fingerprint density at radius 1 is 0.812 bits per heavy atom. The molecule has 0 fully saturated rings. The highest BCUT2D eigenvalue weighted by atomic mass is 19.4. The molecule has 0 nitrogen and oxygen atoms in total. The molecule has 3 aromatic rings. The zero-order valence-electron chi connectivity index (χ0n) is 17.1. The van der Waals surface area contributed by atoms with Gasteiger partial charge < -0.3 is 0 Å². The fourth-order valence-corrected chi connectivity index (χ4v) is 4.31. The lowest BCUT2D eigenvalue weighted by Crippen LogP contribution is -2.12. The maximum atomic E-state index is 15.3. The van der Waals surface area contributed by atoms with Crippen molar-refractivity contribution < 1.29 is 30.7 Å². The van der Waals surface area contributed by atoms with Crippen LogP contribution in [0.4, 0.5) is 30.7 Å². The molecule has 1 aliphatic carbocycles. The summed E-state index contributed by atoms with van der Waals surface area (Å²) in [6.07, 6.45) is -1.06. The summed E-state index contributed by atoms with van der Waals surface area (Å²) in [5.41, 5.74) is -0.394. The Morgan fingerprint density at radius 2 is 1.50 bits per heavy atom. The summed E-state index contributed by atoms with van der Waals surface area (Å²) >= 11 is 0. The third-order valence-corrected chi connectivity index (χ3v) is 5.83. The van der Waals surface area contributed by atoms with Gasteiger partial charge in [-0.3, -0.25) is 0 Å². The number of hydrogen-bond donors (Lipinski definition) is 0. The van der Waals surface area contributed by atoms with Gasteiger partial charge in [0.25, 0.3) is 0 Å². The van der Waals surface area contributed by atoms with Crippen LogP contribution in [-0.4, -0.2) is 0 Å². The van der Waals surface area contributed by atoms with Crippen LogP contribution in [0.3, 0.4) is 0 Å². The molecular formula is C25H19F7. The number of aryl methyl sites for hydroxylation is 1. The number of alkyl halides is 3. The van der Waals surface area contributed by atoms with Crippen LogP contribution in [0.1, 0.15) is 48.4 Å². The minimum absolute atomic E-state index is 0.155. The van der Waals surface area contributed by atoms with Crippen LogP contribution < -0.4 is 0 Å². The van der Waals surface area contributed by atoms with Crippen LogP contribution in [0.15, 0.2) is 36.4 Å². The van der Waals surface area contributed by atoms with Crippen molar-refractivity contribution in [2.24, 2.45) is 0 Å². The van der Waals surface area contributed by atoms with Crippen molar-refractivity contribution in [1.82, 2.24) is 0 Å². The number of fused-ring (bicyclic) bond motifs is 3. The highest BCUT2D eigenvalue weighted by Gasteiger charge is 2.38. The van der Waals surface area contributed by atoms with E-state index in [4.69, 9.17) is 0 Å². The maximum absolute atomic E-state index is 15.3. The van der Waals surface area contributed by atoms with E-state index in [0.29, 0.717) is 23.3 Å². The van der Waals surface area contributed by atoms with Crippen LogP contribution >= 0.6 is 0 Å². The molecule has 3 aromatic carbocycles. The zero-order valence-corrected chi connectivity index (χ0v) is 17.1. The molecule has 0 saturated heterocycles. The summed E-state index contributed by atoms with van der Waals surface area (Å²) in [6, 6.07) is 7.36. The molecule has 0 amide bonds. The number of rotatable bonds is 5. The van der Waals surface area contributed by atoms with Gasteiger partial charge in [-0.25, -0.2) is 17.6 Å². The molecule has 0 radical (unpaired) electrons. The molecule has 7 heteroatoms. The van der Waals surface area contributed by atoms with Crippen molar-refractivity contribution in [3.63, 3.8) is 0 Å². The van der Waals surface area contributed by atoms with Gasteiger partial charge in [0, 0.05) is 12.0 Å². The van der Waals surface area contributed by atoms with Crippen LogP contribution in [0.25, 0.3) is 22.3 Å². The Kier molecular flexibility index (Phi) is 5.77. The third-order valence-electron chi connectivity index (χ3n) is 5.83. The van der Waals surface area contributed by atoms with E-state index in [0.717, 1.165) is 42.9 Å². The Hall–Kier alpha value is -2.83. The normalized spacial score (nSPS) is 12.8. The first-order valence-electron chi connectivity index (χ1n) is 10.3. The minimum Gasteiger partial charge on any atom is -0.206 e. The van der Waals surface area contributed by atoms with E-state index in [9.17, 15) is 26.3 Å². The fraction of sp³-hybridized carbons (Fsp3) is 0.280. The molecule has 0 spiro atoms. The zero-order chi connectivity index (χ0) is 23.2. The average molecular weight is 452 g/mol. The molecule has 0 unspecified atom stereocenters. The van der Waals surface area contributed by atoms with Crippen LogP contribution in [0.2, 0.25) is 0 Å². The first-order chi connectivity index (χ1) is 15.1. The molecule has 0 N–H and O–H groups in total. The summed E-state index contributed by atoms with van der Waals surface area (Å²) in [4.78, 5) is 0. The van der Waals surface area contributed by atoms with Crippen molar-refractivity contribution >= 4 is 0 Å². The average Bonchev–Trinajstić information content (AvgIpc) is 3.05. The lowest BCUT2D eigenvalue weighted by molar-refractivity contribution is -0.142. The standard InChI is InChI=1S/C25H19F7/c1-2-3-4-5-13-6-7-16-14(8-13)9-18-17(16)12-19(26)22(24(18)29)15-10-20(27)23(21(28)11-15)25(30,31)32/h6-8,10-12H,2-5,9H2,1H3. The predicted molar refractivity (Wildman–Crippen MR) is 108 cm³/mol. The number of hydrogen-bond acceptors (Lipinski definition) is 0. The molecule has 0 atom stereocenters. The molecule has 0 aromatic heterocycles. The van der Waals surface area contributed by atoms with E-state index >= 15 is 4.39 Å². The molecule has 32 heavy (non-hydrogen) atoms. The summed E-state index contributed by atoms with van der Waals surface area (Å²) in [6.45, 7) is 2.10. The molecule has 0 heterocycles. The summed E-state index contributed by atoms with van der Waals surface area (Å²) in [7, 11) is 0. The smallest absolute Gasteiger partial charge is 0.206 e. The van der Waals surface area contributed by atoms with E-state index < -0.39 is 46.1 Å². The summed E-state index contributed by atoms with van der Waals surface area (Å²) in [5, 5.41) is 0. The van der Waals surface area contributed by atoms with Crippen LogP contribution in [-0.2, 0) is 19.0 Å². The minimum atomic E-state index is -5.27. The Balaban J connectivity index is 1.75. The Bertz CT molecular complexity index is 1170. The Labute approximate surface area is 180 Å². The molecule has 0 saturated carbocycles. The second-order valence-electron chi connectivity index (χ2n) is 8.01. The number of halogens is 7. The largest absolute Gasteiger partial charge is 0.422 e. The van der Waals surface area contributed by atoms with E-state index in [1.54, 1.807) is 6.07 Å². The van der Waals surface area contributed by atoms with E-state index in [1.165, 1.54) is 0 Å². The molecular weight excluding hydrogens is 433 g/mol. The van der Waals surface area contributed by atoms with E-state index in [1.807, 2.05) is 12.1 Å². The first kappa shape index (κ1) is 22.4. The van der Waals surface area contributed by atoms with Gasteiger partial charge in [0.2, 0.25) is 0 Å². The second-order valence-corrected chi connectivity index (χ2v) is 8.01. The van der Waals surface area contributed by atoms with Crippen molar-refractivity contribution in [3.8, 4) is 22.3 Å². The van der Waals surface area contributed by atoms with E-state index in [2.05, 4.69) is 6.92 Å². The molecule has 1 aliphatic rings. The second kappa shape index (κ2) is 8.26. The number of benzene rings is 3. The number of unbranched alkanes of at least 4 members (excludes halogenated alkanes) is 2. The third kappa shape index (κ3) is 3.89. The summed E-state index contributed by atoms with van der Waals surface area (Å²) in [5.74, 6) is -5.97. The van der Waals surface area contributed by atoms with Crippen molar-refractivity contribution in [3.05, 3.63) is 81.9 Å². The lowest BCUT2D eigenvalue weighted by atomic mass is 9.96. The van der Waals surface area contributed by atoms with Gasteiger partial charge in [-0.1, -0.05) is 38.0 Å². The van der Waals surface area contributed by atoms with E-state index in [-0.39, 0.29) is 12.0 Å². The van der Waals surface area contributed by atoms with Gasteiger partial charge in [0.15, 0.2) is 0 Å². The monoisotopic (exact) mass is 452 g/mol. The van der Waals surface area contributed by atoms with Crippen LogP contribution in [0, 0.1) is 23.3 Å². The van der Waals surface area contributed by atoms with Crippen molar-refractivity contribution in [1.29, 1.82) is 0 Å². The molecule has 4 rings (SSSR count). The quantitative estimate of drug-likeness (QED) is 0.211. The molecule has 0 bridgehead atoms. The van der Waals surface area contributed by atoms with Gasteiger partial charge in [-0.05, 0) is 58.9 Å². The van der Waals surface area contributed by atoms with Gasteiger partial charge in [0.1, 0.15) is 28.8 Å². The SMILES string of the molecule is CCCCCc1ccc2c(c1)Cc1c-2cc(F)c(-c2cc(F)c(C(F)(F)F)c(F)c2)c1F. The van der Waals surface area contributed by atoms with Crippen molar-refractivity contribution in [2.45, 2.75) is 45.2 Å². The first-order valence-corrected chi connectivity index (χ1v) is 10.3. The predicted octanol–water partition coefficient (Wildman–Crippen LogP) is 8.23. The highest BCUT2D eigenvalue weighted by Crippen LogP contribution is 2.44.